The van der Waals surface area contributed by atoms with Gasteiger partial charge in [0.15, 0.2) is 0 Å². The van der Waals surface area contributed by atoms with Gasteiger partial charge in [0, 0.05) is 24.1 Å². The van der Waals surface area contributed by atoms with Crippen LogP contribution >= 0.6 is 0 Å². The summed E-state index contributed by atoms with van der Waals surface area (Å²) in [7, 11) is 0. The Hall–Kier alpha value is -3.15. The maximum atomic E-state index is 11.7. The molecule has 122 valence electrons. The summed E-state index contributed by atoms with van der Waals surface area (Å²) < 4.78 is 0. The van der Waals surface area contributed by atoms with Crippen LogP contribution in [0.25, 0.3) is 22.4 Å². The van der Waals surface area contributed by atoms with E-state index in [1.54, 1.807) is 12.1 Å². The molecule has 6 heteroatoms. The van der Waals surface area contributed by atoms with Crippen molar-refractivity contribution in [3.8, 4) is 11.4 Å². The Balaban J connectivity index is 1.64. The number of fused-ring (bicyclic) bond motifs is 1. The second-order valence-electron chi connectivity index (χ2n) is 5.48. The monoisotopic (exact) mass is 323 g/mol. The first-order valence-corrected chi connectivity index (χ1v) is 7.68. The summed E-state index contributed by atoms with van der Waals surface area (Å²) in [6.07, 6.45) is 0.522. The lowest BCUT2D eigenvalue weighted by molar-refractivity contribution is -0.137. The molecular weight excluding hydrogens is 306 g/mol. The summed E-state index contributed by atoms with van der Waals surface area (Å²) in [5.74, 6) is -0.304. The second kappa shape index (κ2) is 6.95. The van der Waals surface area contributed by atoms with Crippen LogP contribution in [0.4, 0.5) is 5.69 Å². The summed E-state index contributed by atoms with van der Waals surface area (Å²) in [5.41, 5.74) is 3.48. The lowest BCUT2D eigenvalue weighted by atomic mass is 10.2. The Labute approximate surface area is 138 Å². The Bertz CT molecular complexity index is 836. The molecule has 3 rings (SSSR count). The number of carboxylic acids is 1. The van der Waals surface area contributed by atoms with E-state index in [2.05, 4.69) is 15.3 Å². The predicted octanol–water partition coefficient (Wildman–Crippen LogP) is 3.42. The van der Waals surface area contributed by atoms with E-state index in [0.29, 0.717) is 12.1 Å². The average molecular weight is 323 g/mol. The third kappa shape index (κ3) is 3.78. The number of hydrogen-bond acceptors (Lipinski definition) is 3. The Morgan fingerprint density at radius 2 is 1.79 bits per heavy atom. The molecule has 3 aromatic rings. The number of anilines is 1. The predicted molar refractivity (Wildman–Crippen MR) is 91.6 cm³/mol. The van der Waals surface area contributed by atoms with Crippen molar-refractivity contribution in [2.75, 3.05) is 5.32 Å². The standard InChI is InChI=1S/C18H17N3O3/c22-16(6-3-7-17(23)24)19-13-10-8-12(9-11-13)18-20-14-4-1-2-5-15(14)21-18/h1-2,4-5,8-11H,3,6-7H2,(H,19,22)(H,20,21)(H,23,24). The zero-order valence-electron chi connectivity index (χ0n) is 13.0. The molecule has 0 spiro atoms. The van der Waals surface area contributed by atoms with Crippen molar-refractivity contribution in [2.45, 2.75) is 19.3 Å². The molecule has 1 aromatic heterocycles. The highest BCUT2D eigenvalue weighted by molar-refractivity contribution is 5.91. The van der Waals surface area contributed by atoms with E-state index in [1.807, 2.05) is 36.4 Å². The van der Waals surface area contributed by atoms with E-state index in [1.165, 1.54) is 0 Å². The SMILES string of the molecule is O=C(O)CCCC(=O)Nc1ccc(-c2nc3ccccc3[nH]2)cc1. The molecule has 6 nitrogen and oxygen atoms in total. The van der Waals surface area contributed by atoms with Crippen LogP contribution in [0.3, 0.4) is 0 Å². The van der Waals surface area contributed by atoms with Crippen molar-refractivity contribution in [2.24, 2.45) is 0 Å². The molecule has 3 N–H and O–H groups in total. The van der Waals surface area contributed by atoms with Gasteiger partial charge in [-0.25, -0.2) is 4.98 Å². The second-order valence-corrected chi connectivity index (χ2v) is 5.48. The van der Waals surface area contributed by atoms with Gasteiger partial charge in [0.2, 0.25) is 5.91 Å². The molecule has 0 atom stereocenters. The quantitative estimate of drug-likeness (QED) is 0.647. The number of para-hydroxylation sites is 2. The normalized spacial score (nSPS) is 10.7. The lowest BCUT2D eigenvalue weighted by Gasteiger charge is -2.05. The van der Waals surface area contributed by atoms with Gasteiger partial charge in [0.05, 0.1) is 11.0 Å². The van der Waals surface area contributed by atoms with E-state index in [0.717, 1.165) is 22.4 Å². The summed E-state index contributed by atoms with van der Waals surface area (Å²) in [4.78, 5) is 30.0. The maximum absolute atomic E-state index is 11.7. The number of benzene rings is 2. The van der Waals surface area contributed by atoms with Crippen LogP contribution in [-0.4, -0.2) is 27.0 Å². The van der Waals surface area contributed by atoms with Crippen molar-refractivity contribution in [1.29, 1.82) is 0 Å². The van der Waals surface area contributed by atoms with E-state index in [-0.39, 0.29) is 18.7 Å². The first kappa shape index (κ1) is 15.7. The molecular formula is C18H17N3O3. The molecule has 0 saturated heterocycles. The van der Waals surface area contributed by atoms with Crippen LogP contribution in [0.5, 0.6) is 0 Å². The molecule has 2 aromatic carbocycles. The number of rotatable bonds is 6. The minimum Gasteiger partial charge on any atom is -0.481 e. The first-order valence-electron chi connectivity index (χ1n) is 7.68. The average Bonchev–Trinajstić information content (AvgIpc) is 2.99. The van der Waals surface area contributed by atoms with Crippen molar-refractivity contribution in [3.63, 3.8) is 0 Å². The number of aromatic nitrogens is 2. The summed E-state index contributed by atoms with van der Waals surface area (Å²) >= 11 is 0. The number of hydrogen-bond donors (Lipinski definition) is 3. The molecule has 0 aliphatic carbocycles. The number of H-pyrrole nitrogens is 1. The summed E-state index contributed by atoms with van der Waals surface area (Å²) in [5, 5.41) is 11.3. The van der Waals surface area contributed by atoms with Crippen LogP contribution in [0.15, 0.2) is 48.5 Å². The number of carbonyl (C=O) groups excluding carboxylic acids is 1. The number of nitrogens with zero attached hydrogens (tertiary/aromatic N) is 1. The minimum absolute atomic E-state index is 0.00158. The van der Waals surface area contributed by atoms with Gasteiger partial charge >= 0.3 is 5.97 Å². The number of amides is 1. The van der Waals surface area contributed by atoms with E-state index in [4.69, 9.17) is 5.11 Å². The van der Waals surface area contributed by atoms with Gasteiger partial charge in [-0.1, -0.05) is 12.1 Å². The van der Waals surface area contributed by atoms with Gasteiger partial charge in [-0.2, -0.15) is 0 Å². The molecule has 0 bridgehead atoms. The number of carboxylic acid groups (broad SMARTS) is 1. The highest BCUT2D eigenvalue weighted by Crippen LogP contribution is 2.22. The molecule has 0 aliphatic heterocycles. The maximum Gasteiger partial charge on any atom is 0.303 e. The smallest absolute Gasteiger partial charge is 0.303 e. The minimum atomic E-state index is -0.891. The Morgan fingerprint density at radius 1 is 1.04 bits per heavy atom. The summed E-state index contributed by atoms with van der Waals surface area (Å²) in [6, 6.07) is 15.2. The summed E-state index contributed by atoms with van der Waals surface area (Å²) in [6.45, 7) is 0. The fraction of sp³-hybridized carbons (Fsp3) is 0.167. The lowest BCUT2D eigenvalue weighted by Crippen LogP contribution is -2.11. The van der Waals surface area contributed by atoms with Crippen LogP contribution < -0.4 is 5.32 Å². The van der Waals surface area contributed by atoms with Gasteiger partial charge < -0.3 is 15.4 Å². The van der Waals surface area contributed by atoms with Gasteiger partial charge in [-0.3, -0.25) is 9.59 Å². The number of aromatic amines is 1. The van der Waals surface area contributed by atoms with Gasteiger partial charge in [-0.15, -0.1) is 0 Å². The molecule has 0 aliphatic rings. The third-order valence-electron chi connectivity index (χ3n) is 3.63. The number of nitrogens with one attached hydrogen (secondary N) is 2. The molecule has 0 radical (unpaired) electrons. The van der Waals surface area contributed by atoms with E-state index < -0.39 is 5.97 Å². The number of imidazole rings is 1. The fourth-order valence-corrected chi connectivity index (χ4v) is 2.42. The molecule has 24 heavy (non-hydrogen) atoms. The molecule has 1 amide bonds. The van der Waals surface area contributed by atoms with Crippen LogP contribution in [0.2, 0.25) is 0 Å². The molecule has 0 saturated carbocycles. The van der Waals surface area contributed by atoms with Crippen molar-refractivity contribution >= 4 is 28.6 Å². The number of aliphatic carboxylic acids is 1. The number of carbonyl (C=O) groups is 2. The van der Waals surface area contributed by atoms with Gasteiger partial charge in [0.1, 0.15) is 5.82 Å². The van der Waals surface area contributed by atoms with Gasteiger partial charge in [0.25, 0.3) is 0 Å². The van der Waals surface area contributed by atoms with E-state index in [9.17, 15) is 9.59 Å². The van der Waals surface area contributed by atoms with Crippen molar-refractivity contribution < 1.29 is 14.7 Å². The van der Waals surface area contributed by atoms with Gasteiger partial charge in [-0.05, 0) is 42.8 Å². The Kier molecular flexibility index (Phi) is 4.56. The largest absolute Gasteiger partial charge is 0.481 e. The van der Waals surface area contributed by atoms with E-state index >= 15 is 0 Å². The van der Waals surface area contributed by atoms with Crippen LogP contribution in [0.1, 0.15) is 19.3 Å². The highest BCUT2D eigenvalue weighted by Gasteiger charge is 2.07. The third-order valence-corrected chi connectivity index (χ3v) is 3.63. The zero-order chi connectivity index (χ0) is 16.9. The van der Waals surface area contributed by atoms with Crippen molar-refractivity contribution in [1.82, 2.24) is 9.97 Å². The molecule has 0 fully saturated rings. The molecule has 0 unspecified atom stereocenters. The van der Waals surface area contributed by atoms with Crippen LogP contribution in [0, 0.1) is 0 Å². The van der Waals surface area contributed by atoms with Crippen LogP contribution in [-0.2, 0) is 9.59 Å². The van der Waals surface area contributed by atoms with Crippen molar-refractivity contribution in [3.05, 3.63) is 48.5 Å². The first-order chi connectivity index (χ1) is 11.6. The molecule has 1 heterocycles. The fourth-order valence-electron chi connectivity index (χ4n) is 2.42. The Morgan fingerprint density at radius 3 is 2.50 bits per heavy atom. The zero-order valence-corrected chi connectivity index (χ0v) is 13.0. The topological polar surface area (TPSA) is 95.1 Å². The highest BCUT2D eigenvalue weighted by atomic mass is 16.4.